The zero-order valence-corrected chi connectivity index (χ0v) is 9.68. The molecular formula is C13H15NO3. The lowest BCUT2D eigenvalue weighted by Gasteiger charge is -2.12. The molecule has 0 aliphatic rings. The van der Waals surface area contributed by atoms with Gasteiger partial charge in [-0.1, -0.05) is 25.1 Å². The fourth-order valence-corrected chi connectivity index (χ4v) is 1.72. The molecule has 0 heterocycles. The molecule has 0 spiro atoms. The van der Waals surface area contributed by atoms with Gasteiger partial charge in [0, 0.05) is 6.42 Å². The van der Waals surface area contributed by atoms with Crippen LogP contribution < -0.4 is 0 Å². The van der Waals surface area contributed by atoms with Crippen LogP contribution in [0.3, 0.4) is 0 Å². The van der Waals surface area contributed by atoms with E-state index in [1.54, 1.807) is 12.1 Å². The van der Waals surface area contributed by atoms with Crippen molar-refractivity contribution < 1.29 is 15.0 Å². The number of aliphatic hydroxyl groups excluding tert-OH is 1. The summed E-state index contributed by atoms with van der Waals surface area (Å²) >= 11 is 0. The van der Waals surface area contributed by atoms with Gasteiger partial charge in [0.1, 0.15) is 0 Å². The van der Waals surface area contributed by atoms with Gasteiger partial charge in [-0.25, -0.2) is 4.79 Å². The topological polar surface area (TPSA) is 81.3 Å². The summed E-state index contributed by atoms with van der Waals surface area (Å²) in [5.74, 6) is -1.25. The third-order valence-corrected chi connectivity index (χ3v) is 2.64. The second-order valence-electron chi connectivity index (χ2n) is 3.79. The molecule has 1 unspecified atom stereocenters. The monoisotopic (exact) mass is 233 g/mol. The van der Waals surface area contributed by atoms with Crippen LogP contribution in [-0.4, -0.2) is 16.2 Å². The van der Waals surface area contributed by atoms with Crippen LogP contribution in [0.15, 0.2) is 18.2 Å². The standard InChI is InChI=1S/C13H15NO3/c1-2-10-8-9(4-3-7-14)5-6-11(10)12(15)13(16)17/h5-6,8,12,15H,2-4H2,1H3,(H,16,17). The summed E-state index contributed by atoms with van der Waals surface area (Å²) in [5, 5.41) is 26.8. The molecule has 90 valence electrons. The Morgan fingerprint density at radius 1 is 1.53 bits per heavy atom. The molecule has 4 nitrogen and oxygen atoms in total. The number of hydrogen-bond donors (Lipinski definition) is 2. The van der Waals surface area contributed by atoms with E-state index in [-0.39, 0.29) is 0 Å². The van der Waals surface area contributed by atoms with Crippen LogP contribution >= 0.6 is 0 Å². The molecule has 0 fully saturated rings. The second-order valence-corrected chi connectivity index (χ2v) is 3.79. The Kier molecular flexibility index (Phi) is 4.68. The number of aliphatic carboxylic acids is 1. The van der Waals surface area contributed by atoms with Crippen LogP contribution in [-0.2, 0) is 17.6 Å². The van der Waals surface area contributed by atoms with Crippen molar-refractivity contribution in [2.24, 2.45) is 0 Å². The fraction of sp³-hybridized carbons (Fsp3) is 0.385. The molecule has 0 bridgehead atoms. The average molecular weight is 233 g/mol. The molecular weight excluding hydrogens is 218 g/mol. The van der Waals surface area contributed by atoms with E-state index in [1.807, 2.05) is 13.0 Å². The zero-order chi connectivity index (χ0) is 12.8. The lowest BCUT2D eigenvalue weighted by Crippen LogP contribution is -2.12. The molecule has 17 heavy (non-hydrogen) atoms. The van der Waals surface area contributed by atoms with Gasteiger partial charge in [-0.15, -0.1) is 0 Å². The zero-order valence-electron chi connectivity index (χ0n) is 9.68. The van der Waals surface area contributed by atoms with E-state index >= 15 is 0 Å². The van der Waals surface area contributed by atoms with Crippen LogP contribution in [0, 0.1) is 11.3 Å². The summed E-state index contributed by atoms with van der Waals surface area (Å²) in [6.07, 6.45) is 0.256. The molecule has 1 rings (SSSR count). The van der Waals surface area contributed by atoms with Crippen molar-refractivity contribution in [3.63, 3.8) is 0 Å². The maximum Gasteiger partial charge on any atom is 0.337 e. The summed E-state index contributed by atoms with van der Waals surface area (Å²) in [6.45, 7) is 1.90. The first-order valence-corrected chi connectivity index (χ1v) is 5.49. The van der Waals surface area contributed by atoms with Gasteiger partial charge in [-0.2, -0.15) is 5.26 Å². The van der Waals surface area contributed by atoms with Crippen molar-refractivity contribution >= 4 is 5.97 Å². The number of rotatable bonds is 5. The van der Waals surface area contributed by atoms with Crippen molar-refractivity contribution in [2.75, 3.05) is 0 Å². The highest BCUT2D eigenvalue weighted by Gasteiger charge is 2.18. The molecule has 1 aromatic rings. The summed E-state index contributed by atoms with van der Waals surface area (Å²) in [6, 6.07) is 7.32. The molecule has 1 atom stereocenters. The number of hydrogen-bond acceptors (Lipinski definition) is 3. The van der Waals surface area contributed by atoms with E-state index in [0.717, 1.165) is 11.1 Å². The van der Waals surface area contributed by atoms with Gasteiger partial charge in [0.05, 0.1) is 6.07 Å². The van der Waals surface area contributed by atoms with Crippen LogP contribution in [0.1, 0.15) is 36.1 Å². The predicted octanol–water partition coefficient (Wildman–Crippen LogP) is 1.82. The van der Waals surface area contributed by atoms with Gasteiger partial charge in [0.25, 0.3) is 0 Å². The van der Waals surface area contributed by atoms with Crippen LogP contribution in [0.4, 0.5) is 0 Å². The number of carboxylic acid groups (broad SMARTS) is 1. The molecule has 0 saturated heterocycles. The highest BCUT2D eigenvalue weighted by molar-refractivity contribution is 5.74. The highest BCUT2D eigenvalue weighted by atomic mass is 16.4. The van der Waals surface area contributed by atoms with E-state index in [9.17, 15) is 9.90 Å². The number of carbonyl (C=O) groups is 1. The molecule has 0 aliphatic heterocycles. The lowest BCUT2D eigenvalue weighted by atomic mass is 9.96. The quantitative estimate of drug-likeness (QED) is 0.812. The Morgan fingerprint density at radius 3 is 2.76 bits per heavy atom. The van der Waals surface area contributed by atoms with Crippen LogP contribution in [0.25, 0.3) is 0 Å². The normalized spacial score (nSPS) is 11.8. The Bertz CT molecular complexity index is 448. The molecule has 0 radical (unpaired) electrons. The van der Waals surface area contributed by atoms with Gasteiger partial charge in [-0.05, 0) is 29.5 Å². The smallest absolute Gasteiger partial charge is 0.337 e. The van der Waals surface area contributed by atoms with Gasteiger partial charge in [0.2, 0.25) is 0 Å². The van der Waals surface area contributed by atoms with Gasteiger partial charge in [-0.3, -0.25) is 0 Å². The number of aryl methyl sites for hydroxylation is 2. The number of carboxylic acids is 1. The number of nitrogens with zero attached hydrogens (tertiary/aromatic N) is 1. The van der Waals surface area contributed by atoms with Crippen molar-refractivity contribution in [3.8, 4) is 6.07 Å². The molecule has 0 amide bonds. The first kappa shape index (κ1) is 13.2. The number of aliphatic hydroxyl groups is 1. The maximum absolute atomic E-state index is 10.7. The van der Waals surface area contributed by atoms with Crippen LogP contribution in [0.2, 0.25) is 0 Å². The molecule has 4 heteroatoms. The Hall–Kier alpha value is -1.86. The van der Waals surface area contributed by atoms with Gasteiger partial charge < -0.3 is 10.2 Å². The third kappa shape index (κ3) is 3.30. The summed E-state index contributed by atoms with van der Waals surface area (Å²) in [4.78, 5) is 10.7. The van der Waals surface area contributed by atoms with Crippen molar-refractivity contribution in [3.05, 3.63) is 34.9 Å². The minimum Gasteiger partial charge on any atom is -0.479 e. The van der Waals surface area contributed by atoms with E-state index in [2.05, 4.69) is 6.07 Å². The van der Waals surface area contributed by atoms with Crippen LogP contribution in [0.5, 0.6) is 0 Å². The summed E-state index contributed by atoms with van der Waals surface area (Å²) < 4.78 is 0. The first-order chi connectivity index (χ1) is 8.10. The SMILES string of the molecule is CCc1cc(CCC#N)ccc1C(O)C(=O)O. The molecule has 2 N–H and O–H groups in total. The van der Waals surface area contributed by atoms with E-state index in [0.29, 0.717) is 24.8 Å². The molecule has 0 aromatic heterocycles. The molecule has 0 aliphatic carbocycles. The van der Waals surface area contributed by atoms with E-state index < -0.39 is 12.1 Å². The number of nitriles is 1. The third-order valence-electron chi connectivity index (χ3n) is 2.64. The summed E-state index contributed by atoms with van der Waals surface area (Å²) in [7, 11) is 0. The van der Waals surface area contributed by atoms with Gasteiger partial charge >= 0.3 is 5.97 Å². The minimum atomic E-state index is -1.48. The van der Waals surface area contributed by atoms with Gasteiger partial charge in [0.15, 0.2) is 6.10 Å². The fourth-order valence-electron chi connectivity index (χ4n) is 1.72. The molecule has 1 aromatic carbocycles. The summed E-state index contributed by atoms with van der Waals surface area (Å²) in [5.41, 5.74) is 2.24. The van der Waals surface area contributed by atoms with Crippen molar-refractivity contribution in [1.82, 2.24) is 0 Å². The minimum absolute atomic E-state index is 0.431. The Morgan fingerprint density at radius 2 is 2.24 bits per heavy atom. The van der Waals surface area contributed by atoms with E-state index in [1.165, 1.54) is 0 Å². The molecule has 0 saturated carbocycles. The lowest BCUT2D eigenvalue weighted by molar-refractivity contribution is -0.147. The average Bonchev–Trinajstić information content (AvgIpc) is 2.34. The number of benzene rings is 1. The maximum atomic E-state index is 10.7. The van der Waals surface area contributed by atoms with Crippen molar-refractivity contribution in [1.29, 1.82) is 5.26 Å². The Labute approximate surface area is 100 Å². The predicted molar refractivity (Wildman–Crippen MR) is 62.3 cm³/mol. The Balaban J connectivity index is 3.01. The van der Waals surface area contributed by atoms with Crippen molar-refractivity contribution in [2.45, 2.75) is 32.3 Å². The van der Waals surface area contributed by atoms with E-state index in [4.69, 9.17) is 10.4 Å². The highest BCUT2D eigenvalue weighted by Crippen LogP contribution is 2.21. The largest absolute Gasteiger partial charge is 0.479 e. The first-order valence-electron chi connectivity index (χ1n) is 5.49. The second kappa shape index (κ2) is 6.02.